The highest BCUT2D eigenvalue weighted by molar-refractivity contribution is 7.09. The van der Waals surface area contributed by atoms with Gasteiger partial charge in [-0.3, -0.25) is 4.79 Å². The highest BCUT2D eigenvalue weighted by atomic mass is 32.1. The lowest BCUT2D eigenvalue weighted by Crippen LogP contribution is -2.28. The van der Waals surface area contributed by atoms with E-state index in [0.29, 0.717) is 6.54 Å². The van der Waals surface area contributed by atoms with Gasteiger partial charge in [-0.05, 0) is 36.1 Å². The van der Waals surface area contributed by atoms with Crippen molar-refractivity contribution < 1.29 is 4.79 Å². The van der Waals surface area contributed by atoms with Crippen molar-refractivity contribution in [3.63, 3.8) is 0 Å². The first-order valence-corrected chi connectivity index (χ1v) is 9.61. The van der Waals surface area contributed by atoms with Crippen LogP contribution in [0, 0.1) is 6.92 Å². The Morgan fingerprint density at radius 2 is 1.85 bits per heavy atom. The van der Waals surface area contributed by atoms with Gasteiger partial charge >= 0.3 is 0 Å². The number of rotatable bonds is 3. The van der Waals surface area contributed by atoms with Crippen LogP contribution < -0.4 is 0 Å². The second kappa shape index (κ2) is 5.85. The van der Waals surface area contributed by atoms with E-state index in [1.165, 1.54) is 15.8 Å². The summed E-state index contributed by atoms with van der Waals surface area (Å²) in [6.07, 6.45) is 0. The first-order valence-electron chi connectivity index (χ1n) is 8.73. The summed E-state index contributed by atoms with van der Waals surface area (Å²) in [5, 5.41) is 3.25. The number of carbonyl (C=O) groups excluding carboxylic acids is 1. The normalized spacial score (nSPS) is 16.4. The van der Waals surface area contributed by atoms with Gasteiger partial charge in [0.25, 0.3) is 5.91 Å². The third-order valence-electron chi connectivity index (χ3n) is 5.18. The number of carbonyl (C=O) groups is 1. The van der Waals surface area contributed by atoms with Crippen LogP contribution in [0.15, 0.2) is 66.0 Å². The molecule has 3 nitrogen and oxygen atoms in total. The van der Waals surface area contributed by atoms with Crippen molar-refractivity contribution in [1.29, 1.82) is 0 Å². The number of nitrogens with zero attached hydrogens (tertiary/aromatic N) is 1. The van der Waals surface area contributed by atoms with Crippen molar-refractivity contribution in [3.8, 4) is 0 Å². The number of benzene rings is 2. The standard InChI is InChI=1S/C22H18N2OS/c1-14-20(18-10-4-5-11-19(18)23-14)21-16-8-2-3-9-17(16)22(25)24(21)13-15-7-6-12-26-15/h2-12,21,23H,13H2,1H3/t21-/m1/s1. The number of aromatic amines is 1. The van der Waals surface area contributed by atoms with Crippen LogP contribution in [0.1, 0.15) is 38.1 Å². The number of hydrogen-bond donors (Lipinski definition) is 1. The molecule has 1 amide bonds. The maximum absolute atomic E-state index is 13.2. The van der Waals surface area contributed by atoms with Crippen molar-refractivity contribution in [1.82, 2.24) is 9.88 Å². The van der Waals surface area contributed by atoms with Gasteiger partial charge < -0.3 is 9.88 Å². The summed E-state index contributed by atoms with van der Waals surface area (Å²) < 4.78 is 0. The molecule has 26 heavy (non-hydrogen) atoms. The van der Waals surface area contributed by atoms with Crippen molar-refractivity contribution in [2.45, 2.75) is 19.5 Å². The monoisotopic (exact) mass is 358 g/mol. The van der Waals surface area contributed by atoms with Crippen LogP contribution in [-0.2, 0) is 6.54 Å². The number of aryl methyl sites for hydroxylation is 1. The number of nitrogens with one attached hydrogen (secondary N) is 1. The lowest BCUT2D eigenvalue weighted by molar-refractivity contribution is 0.0738. The van der Waals surface area contributed by atoms with Gasteiger partial charge in [0, 0.05) is 32.6 Å². The van der Waals surface area contributed by atoms with E-state index >= 15 is 0 Å². The molecule has 2 aromatic heterocycles. The van der Waals surface area contributed by atoms with Gasteiger partial charge in [-0.15, -0.1) is 11.3 Å². The Labute approximate surface area is 155 Å². The van der Waals surface area contributed by atoms with Gasteiger partial charge in [0.15, 0.2) is 0 Å². The van der Waals surface area contributed by atoms with Gasteiger partial charge in [-0.1, -0.05) is 42.5 Å². The molecule has 1 aliphatic heterocycles. The Hall–Kier alpha value is -2.85. The zero-order valence-electron chi connectivity index (χ0n) is 14.4. The molecule has 0 aliphatic carbocycles. The zero-order valence-corrected chi connectivity index (χ0v) is 15.2. The number of aromatic nitrogens is 1. The Kier molecular flexibility index (Phi) is 3.47. The average molecular weight is 358 g/mol. The summed E-state index contributed by atoms with van der Waals surface area (Å²) in [4.78, 5) is 19.9. The number of thiophene rings is 1. The summed E-state index contributed by atoms with van der Waals surface area (Å²) in [7, 11) is 0. The van der Waals surface area contributed by atoms with E-state index in [1.807, 2.05) is 35.2 Å². The van der Waals surface area contributed by atoms with E-state index in [4.69, 9.17) is 0 Å². The number of fused-ring (bicyclic) bond motifs is 2. The first-order chi connectivity index (χ1) is 12.7. The molecule has 1 N–H and O–H groups in total. The summed E-state index contributed by atoms with van der Waals surface area (Å²) in [6.45, 7) is 2.73. The molecule has 0 spiro atoms. The molecule has 1 atom stereocenters. The molecule has 0 bridgehead atoms. The highest BCUT2D eigenvalue weighted by Gasteiger charge is 2.39. The molecule has 0 saturated heterocycles. The summed E-state index contributed by atoms with van der Waals surface area (Å²) in [5.74, 6) is 0.115. The third kappa shape index (κ3) is 2.22. The molecule has 2 aromatic carbocycles. The molecule has 4 aromatic rings. The fraction of sp³-hybridized carbons (Fsp3) is 0.136. The minimum absolute atomic E-state index is 0.0584. The van der Waals surface area contributed by atoms with Gasteiger partial charge in [0.1, 0.15) is 0 Å². The van der Waals surface area contributed by atoms with Crippen LogP contribution >= 0.6 is 11.3 Å². The molecule has 1 aliphatic rings. The van der Waals surface area contributed by atoms with Gasteiger partial charge in [0.2, 0.25) is 0 Å². The molecular formula is C22H18N2OS. The SMILES string of the molecule is Cc1[nH]c2ccccc2c1[C@H]1c2ccccc2C(=O)N1Cc1cccs1. The van der Waals surface area contributed by atoms with E-state index < -0.39 is 0 Å². The van der Waals surface area contributed by atoms with Crippen molar-refractivity contribution in [3.05, 3.63) is 93.3 Å². The number of amides is 1. The molecular weight excluding hydrogens is 340 g/mol. The minimum Gasteiger partial charge on any atom is -0.358 e. The number of para-hydroxylation sites is 1. The van der Waals surface area contributed by atoms with E-state index in [0.717, 1.165) is 22.3 Å². The Balaban J connectivity index is 1.72. The Morgan fingerprint density at radius 1 is 1.04 bits per heavy atom. The predicted octanol–water partition coefficient (Wildman–Crippen LogP) is 5.28. The topological polar surface area (TPSA) is 36.1 Å². The maximum atomic E-state index is 13.2. The van der Waals surface area contributed by atoms with Gasteiger partial charge in [0.05, 0.1) is 12.6 Å². The van der Waals surface area contributed by atoms with E-state index in [2.05, 4.69) is 47.6 Å². The fourth-order valence-corrected chi connectivity index (χ4v) is 4.77. The largest absolute Gasteiger partial charge is 0.358 e. The zero-order chi connectivity index (χ0) is 17.7. The third-order valence-corrected chi connectivity index (χ3v) is 6.04. The van der Waals surface area contributed by atoms with E-state index in [9.17, 15) is 4.79 Å². The minimum atomic E-state index is -0.0584. The van der Waals surface area contributed by atoms with Crippen LogP contribution in [0.2, 0.25) is 0 Å². The van der Waals surface area contributed by atoms with Crippen LogP contribution in [0.5, 0.6) is 0 Å². The fourth-order valence-electron chi connectivity index (χ4n) is 4.07. The Bertz CT molecular complexity index is 1110. The maximum Gasteiger partial charge on any atom is 0.255 e. The molecule has 0 radical (unpaired) electrons. The average Bonchev–Trinajstić information content (AvgIpc) is 3.34. The smallest absolute Gasteiger partial charge is 0.255 e. The highest BCUT2D eigenvalue weighted by Crippen LogP contribution is 2.43. The van der Waals surface area contributed by atoms with Crippen molar-refractivity contribution >= 4 is 28.1 Å². The van der Waals surface area contributed by atoms with Crippen molar-refractivity contribution in [2.24, 2.45) is 0 Å². The van der Waals surface area contributed by atoms with Gasteiger partial charge in [-0.25, -0.2) is 0 Å². The van der Waals surface area contributed by atoms with E-state index in [-0.39, 0.29) is 11.9 Å². The molecule has 0 fully saturated rings. The lowest BCUT2D eigenvalue weighted by atomic mass is 9.95. The molecule has 3 heterocycles. The second-order valence-corrected chi connectivity index (χ2v) is 7.74. The quantitative estimate of drug-likeness (QED) is 0.531. The molecule has 4 heteroatoms. The van der Waals surface area contributed by atoms with Crippen LogP contribution in [0.25, 0.3) is 10.9 Å². The second-order valence-electron chi connectivity index (χ2n) is 6.71. The summed E-state index contributed by atoms with van der Waals surface area (Å²) in [5.41, 5.74) is 5.36. The lowest BCUT2D eigenvalue weighted by Gasteiger charge is -2.26. The van der Waals surface area contributed by atoms with Crippen LogP contribution in [-0.4, -0.2) is 15.8 Å². The first kappa shape index (κ1) is 15.4. The van der Waals surface area contributed by atoms with Crippen LogP contribution in [0.3, 0.4) is 0 Å². The molecule has 5 rings (SSSR count). The van der Waals surface area contributed by atoms with Crippen LogP contribution in [0.4, 0.5) is 0 Å². The van der Waals surface area contributed by atoms with Gasteiger partial charge in [-0.2, -0.15) is 0 Å². The Morgan fingerprint density at radius 3 is 2.69 bits per heavy atom. The predicted molar refractivity (Wildman–Crippen MR) is 106 cm³/mol. The van der Waals surface area contributed by atoms with E-state index in [1.54, 1.807) is 11.3 Å². The molecule has 128 valence electrons. The molecule has 0 unspecified atom stereocenters. The van der Waals surface area contributed by atoms with Crippen molar-refractivity contribution in [2.75, 3.05) is 0 Å². The number of hydrogen-bond acceptors (Lipinski definition) is 2. The number of H-pyrrole nitrogens is 1. The summed E-state index contributed by atoms with van der Waals surface area (Å²) >= 11 is 1.70. The summed E-state index contributed by atoms with van der Waals surface area (Å²) in [6, 6.07) is 20.4. The molecule has 0 saturated carbocycles.